The van der Waals surface area contributed by atoms with Crippen LogP contribution in [0.4, 0.5) is 45.5 Å². The van der Waals surface area contributed by atoms with Crippen LogP contribution in [0, 0.1) is 0 Å². The standard InChI is InChI=1S/C64H58BN3OS/c1-61(2,3)39-29-31-47-52(35-39)66(50-25-17-21-44-42-19-9-13-27-56(42)69-59(44)50)54-37-41(68-49-24-12-11-23-46(49)63(7)33-15-16-34-64(63,68)8)38-55-58(54)65(47)48-32-30-40(62(4,5)6)36-53(48)67(55)51-26-18-22-45-43-20-10-14-28-57(43)70-60(45)51/h9-14,17-32,35-38H,15-16,33-34H2,1-8H3. The number of benzene rings is 8. The van der Waals surface area contributed by atoms with E-state index in [1.54, 1.807) is 0 Å². The van der Waals surface area contributed by atoms with Crippen molar-refractivity contribution in [3.8, 4) is 0 Å². The van der Waals surface area contributed by atoms with E-state index in [-0.39, 0.29) is 28.5 Å². The van der Waals surface area contributed by atoms with Crippen molar-refractivity contribution in [1.82, 2.24) is 0 Å². The Labute approximate surface area is 416 Å². The summed E-state index contributed by atoms with van der Waals surface area (Å²) in [4.78, 5) is 8.07. The normalized spacial score (nSPS) is 19.5. The number of fused-ring (bicyclic) bond motifs is 13. The van der Waals surface area contributed by atoms with E-state index < -0.39 is 0 Å². The van der Waals surface area contributed by atoms with Crippen LogP contribution in [0.1, 0.15) is 97.8 Å². The summed E-state index contributed by atoms with van der Waals surface area (Å²) in [5, 5.41) is 4.88. The fourth-order valence-corrected chi connectivity index (χ4v) is 14.7. The summed E-state index contributed by atoms with van der Waals surface area (Å²) >= 11 is 1.92. The van der Waals surface area contributed by atoms with Crippen LogP contribution in [-0.2, 0) is 16.2 Å². The van der Waals surface area contributed by atoms with Gasteiger partial charge >= 0.3 is 0 Å². The number of thiophene rings is 1. The van der Waals surface area contributed by atoms with Gasteiger partial charge in [0.1, 0.15) is 5.58 Å². The Balaban J connectivity index is 1.16. The van der Waals surface area contributed by atoms with Gasteiger partial charge in [-0.3, -0.25) is 0 Å². The van der Waals surface area contributed by atoms with Gasteiger partial charge in [-0.05, 0) is 118 Å². The first kappa shape index (κ1) is 42.2. The Morgan fingerprint density at radius 1 is 0.514 bits per heavy atom. The SMILES string of the molecule is CC(C)(C)c1ccc2c(c1)N(c1cccc3c1oc1ccccc13)c1cc(N3c4ccccc4C4(C)CCCCC34C)cc3c1B2c1ccc(C(C)(C)C)cc1N3c1cccc2c1sc1ccccc12. The van der Waals surface area contributed by atoms with Gasteiger partial charge in [0.25, 0.3) is 6.71 Å². The summed E-state index contributed by atoms with van der Waals surface area (Å²) in [5.74, 6) is 0. The summed E-state index contributed by atoms with van der Waals surface area (Å²) in [6.45, 7) is 19.2. The monoisotopic (exact) mass is 927 g/mol. The zero-order valence-electron chi connectivity index (χ0n) is 41.6. The summed E-state index contributed by atoms with van der Waals surface area (Å²) in [7, 11) is 0. The third-order valence-electron chi connectivity index (χ3n) is 17.3. The molecule has 4 nitrogen and oxygen atoms in total. The van der Waals surface area contributed by atoms with Crippen LogP contribution in [-0.4, -0.2) is 12.3 Å². The lowest BCUT2D eigenvalue weighted by atomic mass is 9.33. The fraction of sp³-hybridized carbons (Fsp3) is 0.250. The molecule has 5 heterocycles. The van der Waals surface area contributed by atoms with Crippen molar-refractivity contribution in [2.45, 2.75) is 103 Å². The zero-order chi connectivity index (χ0) is 47.6. The van der Waals surface area contributed by atoms with Crippen molar-refractivity contribution in [2.75, 3.05) is 14.7 Å². The molecule has 0 bridgehead atoms. The molecule has 0 N–H and O–H groups in total. The summed E-state index contributed by atoms with van der Waals surface area (Å²) < 4.78 is 9.66. The molecule has 0 saturated heterocycles. The zero-order valence-corrected chi connectivity index (χ0v) is 42.4. The van der Waals surface area contributed by atoms with Crippen molar-refractivity contribution in [3.63, 3.8) is 0 Å². The van der Waals surface area contributed by atoms with Crippen LogP contribution in [0.3, 0.4) is 0 Å². The molecule has 2 unspecified atom stereocenters. The maximum absolute atomic E-state index is 7.05. The van der Waals surface area contributed by atoms with Crippen LogP contribution < -0.4 is 31.1 Å². The van der Waals surface area contributed by atoms with Crippen LogP contribution >= 0.6 is 11.3 Å². The largest absolute Gasteiger partial charge is 0.454 e. The molecular weight excluding hydrogens is 870 g/mol. The summed E-state index contributed by atoms with van der Waals surface area (Å²) in [5.41, 5.74) is 19.3. The highest BCUT2D eigenvalue weighted by Crippen LogP contribution is 2.62. The Morgan fingerprint density at radius 2 is 1.09 bits per heavy atom. The maximum atomic E-state index is 7.05. The highest BCUT2D eigenvalue weighted by atomic mass is 32.1. The molecule has 2 aromatic heterocycles. The first-order valence-electron chi connectivity index (χ1n) is 25.5. The number of para-hydroxylation sites is 3. The molecule has 1 aliphatic carbocycles. The summed E-state index contributed by atoms with van der Waals surface area (Å²) in [6, 6.07) is 60.5. The highest BCUT2D eigenvalue weighted by molar-refractivity contribution is 7.26. The Morgan fingerprint density at radius 3 is 1.80 bits per heavy atom. The predicted octanol–water partition coefficient (Wildman–Crippen LogP) is 16.4. The lowest BCUT2D eigenvalue weighted by Gasteiger charge is -2.51. The first-order chi connectivity index (χ1) is 33.7. The molecule has 0 spiro atoms. The third kappa shape index (κ3) is 5.66. The van der Waals surface area contributed by atoms with Crippen molar-refractivity contribution in [3.05, 3.63) is 174 Å². The molecule has 0 amide bonds. The van der Waals surface area contributed by atoms with Gasteiger partial charge in [-0.2, -0.15) is 0 Å². The molecular formula is C64H58BN3OS. The lowest BCUT2D eigenvalue weighted by molar-refractivity contribution is 0.195. The minimum absolute atomic E-state index is 0.0121. The number of hydrogen-bond acceptors (Lipinski definition) is 5. The minimum Gasteiger partial charge on any atom is -0.454 e. The lowest BCUT2D eigenvalue weighted by Crippen LogP contribution is -2.61. The van der Waals surface area contributed by atoms with Crippen molar-refractivity contribution in [1.29, 1.82) is 0 Å². The van der Waals surface area contributed by atoms with Gasteiger partial charge in [0.15, 0.2) is 5.58 Å². The van der Waals surface area contributed by atoms with E-state index in [0.717, 1.165) is 34.0 Å². The van der Waals surface area contributed by atoms with Gasteiger partial charge in [0.05, 0.1) is 21.6 Å². The molecule has 0 radical (unpaired) electrons. The third-order valence-corrected chi connectivity index (χ3v) is 18.5. The Hall–Kier alpha value is -6.76. The van der Waals surface area contributed by atoms with Gasteiger partial charge in [-0.15, -0.1) is 11.3 Å². The molecule has 70 heavy (non-hydrogen) atoms. The van der Waals surface area contributed by atoms with Crippen LogP contribution in [0.5, 0.6) is 0 Å². The Bertz CT molecular complexity index is 3640. The minimum atomic E-state index is -0.146. The Kier molecular flexibility index (Phi) is 8.68. The van der Waals surface area contributed by atoms with Crippen molar-refractivity contribution >= 4 is 122 Å². The van der Waals surface area contributed by atoms with E-state index >= 15 is 0 Å². The molecule has 8 aromatic carbocycles. The number of hydrogen-bond donors (Lipinski definition) is 0. The van der Waals surface area contributed by atoms with E-state index in [2.05, 4.69) is 228 Å². The maximum Gasteiger partial charge on any atom is 0.252 e. The number of anilines is 8. The van der Waals surface area contributed by atoms with Gasteiger partial charge in [-0.1, -0.05) is 164 Å². The fourth-order valence-electron chi connectivity index (χ4n) is 13.5. The molecule has 14 rings (SSSR count). The van der Waals surface area contributed by atoms with E-state index in [4.69, 9.17) is 4.42 Å². The number of furan rings is 1. The average molecular weight is 928 g/mol. The van der Waals surface area contributed by atoms with E-state index in [9.17, 15) is 0 Å². The van der Waals surface area contributed by atoms with Crippen molar-refractivity contribution < 1.29 is 4.42 Å². The molecule has 2 atom stereocenters. The molecule has 4 aliphatic rings. The molecule has 1 saturated carbocycles. The number of rotatable bonds is 3. The van der Waals surface area contributed by atoms with Gasteiger partial charge in [0, 0.05) is 65.8 Å². The molecule has 3 aliphatic heterocycles. The van der Waals surface area contributed by atoms with Crippen LogP contribution in [0.25, 0.3) is 42.1 Å². The molecule has 1 fully saturated rings. The molecule has 10 aromatic rings. The topological polar surface area (TPSA) is 22.9 Å². The molecule has 6 heteroatoms. The first-order valence-corrected chi connectivity index (χ1v) is 26.3. The highest BCUT2D eigenvalue weighted by Gasteiger charge is 2.58. The van der Waals surface area contributed by atoms with Crippen molar-refractivity contribution in [2.24, 2.45) is 0 Å². The second-order valence-corrected chi connectivity index (χ2v) is 24.3. The smallest absolute Gasteiger partial charge is 0.252 e. The van der Waals surface area contributed by atoms with E-state index in [0.29, 0.717) is 0 Å². The second kappa shape index (κ2) is 14.4. The van der Waals surface area contributed by atoms with Gasteiger partial charge in [-0.25, -0.2) is 0 Å². The summed E-state index contributed by atoms with van der Waals surface area (Å²) in [6.07, 6.45) is 4.74. The average Bonchev–Trinajstić information content (AvgIpc) is 3.99. The van der Waals surface area contributed by atoms with Gasteiger partial charge < -0.3 is 19.1 Å². The van der Waals surface area contributed by atoms with E-state index in [1.807, 2.05) is 11.3 Å². The predicted molar refractivity (Wildman–Crippen MR) is 301 cm³/mol. The van der Waals surface area contributed by atoms with Gasteiger partial charge in [0.2, 0.25) is 0 Å². The van der Waals surface area contributed by atoms with E-state index in [1.165, 1.54) is 112 Å². The molecule has 344 valence electrons. The number of nitrogens with zero attached hydrogens (tertiary/aromatic N) is 3. The van der Waals surface area contributed by atoms with Crippen LogP contribution in [0.2, 0.25) is 0 Å². The quantitative estimate of drug-likeness (QED) is 0.165. The second-order valence-electron chi connectivity index (χ2n) is 23.2. The van der Waals surface area contributed by atoms with Crippen LogP contribution in [0.15, 0.2) is 162 Å².